The molecule has 1 fully saturated rings. The highest BCUT2D eigenvalue weighted by Gasteiger charge is 2.28. The van der Waals surface area contributed by atoms with E-state index in [4.69, 9.17) is 0 Å². The van der Waals surface area contributed by atoms with Crippen molar-refractivity contribution in [2.24, 2.45) is 0 Å². The van der Waals surface area contributed by atoms with E-state index in [1.807, 2.05) is 23.6 Å². The zero-order valence-electron chi connectivity index (χ0n) is 11.4. The Balaban J connectivity index is 2.07. The first-order valence-electron chi connectivity index (χ1n) is 6.83. The van der Waals surface area contributed by atoms with Crippen molar-refractivity contribution >= 4 is 27.3 Å². The second-order valence-corrected chi connectivity index (χ2v) is 6.92. The molecule has 1 aromatic carbocycles. The smallest absolute Gasteiger partial charge is 0.166 e. The highest BCUT2D eigenvalue weighted by Crippen LogP contribution is 2.39. The van der Waals surface area contributed by atoms with E-state index in [0.29, 0.717) is 10.0 Å². The number of phenolic OH excluding ortho intramolecular Hbond substituents is 1. The lowest BCUT2D eigenvalue weighted by atomic mass is 10.0. The van der Waals surface area contributed by atoms with Gasteiger partial charge in [0.15, 0.2) is 11.6 Å². The highest BCUT2D eigenvalue weighted by molar-refractivity contribution is 9.10. The number of aromatic hydroxyl groups is 1. The topological polar surface area (TPSA) is 35.5 Å². The number of hydrogen-bond acceptors (Lipinski definition) is 4. The van der Waals surface area contributed by atoms with Gasteiger partial charge >= 0.3 is 0 Å². The van der Waals surface area contributed by atoms with Gasteiger partial charge in [-0.05, 0) is 23.6 Å². The Morgan fingerprint density at radius 2 is 2.10 bits per heavy atom. The first-order chi connectivity index (χ1) is 10.2. The van der Waals surface area contributed by atoms with Gasteiger partial charge in [0.1, 0.15) is 0 Å². The molecule has 0 bridgehead atoms. The van der Waals surface area contributed by atoms with Gasteiger partial charge in [0.2, 0.25) is 0 Å². The molecule has 21 heavy (non-hydrogen) atoms. The van der Waals surface area contributed by atoms with Crippen LogP contribution in [0.2, 0.25) is 0 Å². The third kappa shape index (κ3) is 3.13. The van der Waals surface area contributed by atoms with Crippen molar-refractivity contribution in [3.05, 3.63) is 50.4 Å². The molecule has 0 spiro atoms. The van der Waals surface area contributed by atoms with Crippen molar-refractivity contribution in [3.8, 4) is 5.75 Å². The molecular formula is C15H16BrFN2OS. The molecule has 1 atom stereocenters. The number of benzene rings is 1. The van der Waals surface area contributed by atoms with E-state index in [1.165, 1.54) is 6.07 Å². The van der Waals surface area contributed by atoms with Crippen LogP contribution in [-0.2, 0) is 0 Å². The van der Waals surface area contributed by atoms with Crippen LogP contribution in [0.1, 0.15) is 16.5 Å². The van der Waals surface area contributed by atoms with Crippen molar-refractivity contribution in [2.75, 3.05) is 26.2 Å². The number of thiophene rings is 1. The monoisotopic (exact) mass is 370 g/mol. The van der Waals surface area contributed by atoms with Gasteiger partial charge in [0.25, 0.3) is 0 Å². The largest absolute Gasteiger partial charge is 0.505 e. The summed E-state index contributed by atoms with van der Waals surface area (Å²) < 4.78 is 14.5. The lowest BCUT2D eigenvalue weighted by Crippen LogP contribution is -2.45. The Morgan fingerprint density at radius 3 is 2.76 bits per heavy atom. The van der Waals surface area contributed by atoms with Crippen LogP contribution < -0.4 is 5.32 Å². The number of phenols is 1. The van der Waals surface area contributed by atoms with Crippen LogP contribution in [0.15, 0.2) is 34.1 Å². The van der Waals surface area contributed by atoms with Gasteiger partial charge in [-0.25, -0.2) is 4.39 Å². The SMILES string of the molecule is Oc1c(F)cc(Br)cc1[C@@H](c1cccs1)N1CCNCC1. The number of nitrogens with zero attached hydrogens (tertiary/aromatic N) is 1. The van der Waals surface area contributed by atoms with Crippen molar-refractivity contribution < 1.29 is 9.50 Å². The van der Waals surface area contributed by atoms with Gasteiger partial charge in [0, 0.05) is 41.1 Å². The molecule has 1 aliphatic rings. The Bertz CT molecular complexity index is 614. The number of hydrogen-bond donors (Lipinski definition) is 2. The Hall–Kier alpha value is -0.950. The predicted octanol–water partition coefficient (Wildman–Crippen LogP) is 3.35. The molecular weight excluding hydrogens is 355 g/mol. The van der Waals surface area contributed by atoms with Gasteiger partial charge < -0.3 is 10.4 Å². The second-order valence-electron chi connectivity index (χ2n) is 5.03. The first-order valence-corrected chi connectivity index (χ1v) is 8.50. The fraction of sp³-hybridized carbons (Fsp3) is 0.333. The summed E-state index contributed by atoms with van der Waals surface area (Å²) in [6.45, 7) is 3.55. The minimum Gasteiger partial charge on any atom is -0.505 e. The van der Waals surface area contributed by atoms with Gasteiger partial charge in [-0.15, -0.1) is 11.3 Å². The molecule has 3 rings (SSSR count). The fourth-order valence-corrected chi connectivity index (χ4v) is 4.04. The number of nitrogens with one attached hydrogen (secondary N) is 1. The number of rotatable bonds is 3. The maximum Gasteiger partial charge on any atom is 0.166 e. The van der Waals surface area contributed by atoms with Gasteiger partial charge in [-0.2, -0.15) is 0 Å². The molecule has 6 heteroatoms. The van der Waals surface area contributed by atoms with E-state index < -0.39 is 5.82 Å². The maximum absolute atomic E-state index is 13.9. The molecule has 3 nitrogen and oxygen atoms in total. The van der Waals surface area contributed by atoms with Crippen molar-refractivity contribution in [1.82, 2.24) is 10.2 Å². The van der Waals surface area contributed by atoms with Crippen molar-refractivity contribution in [1.29, 1.82) is 0 Å². The van der Waals surface area contributed by atoms with E-state index in [-0.39, 0.29) is 11.8 Å². The van der Waals surface area contributed by atoms with Crippen LogP contribution in [0.3, 0.4) is 0 Å². The summed E-state index contributed by atoms with van der Waals surface area (Å²) >= 11 is 4.95. The molecule has 0 radical (unpaired) electrons. The summed E-state index contributed by atoms with van der Waals surface area (Å²) in [6.07, 6.45) is 0. The Morgan fingerprint density at radius 1 is 1.33 bits per heavy atom. The van der Waals surface area contributed by atoms with Crippen LogP contribution in [0, 0.1) is 5.82 Å². The molecule has 2 N–H and O–H groups in total. The minimum atomic E-state index is -0.587. The lowest BCUT2D eigenvalue weighted by molar-refractivity contribution is 0.197. The normalized spacial score (nSPS) is 17.8. The maximum atomic E-state index is 13.9. The van der Waals surface area contributed by atoms with Gasteiger partial charge in [-0.3, -0.25) is 4.90 Å². The molecule has 1 saturated heterocycles. The summed E-state index contributed by atoms with van der Waals surface area (Å²) in [4.78, 5) is 3.40. The molecule has 1 aromatic heterocycles. The van der Waals surface area contributed by atoms with Gasteiger partial charge in [-0.1, -0.05) is 22.0 Å². The van der Waals surface area contributed by atoms with Crippen molar-refractivity contribution in [3.63, 3.8) is 0 Å². The minimum absolute atomic E-state index is 0.112. The molecule has 2 aromatic rings. The quantitative estimate of drug-likeness (QED) is 0.869. The van der Waals surface area contributed by atoms with E-state index >= 15 is 0 Å². The van der Waals surface area contributed by atoms with Crippen LogP contribution in [-0.4, -0.2) is 36.2 Å². The molecule has 0 saturated carbocycles. The molecule has 0 amide bonds. The summed E-state index contributed by atoms with van der Waals surface area (Å²) in [6, 6.07) is 7.02. The van der Waals surface area contributed by atoms with Crippen LogP contribution in [0.5, 0.6) is 5.75 Å². The first kappa shape index (κ1) is 15.0. The van der Waals surface area contributed by atoms with Crippen LogP contribution in [0.25, 0.3) is 0 Å². The standard InChI is InChI=1S/C15H16BrFN2OS/c16-10-8-11(15(20)12(17)9-10)14(13-2-1-7-21-13)19-5-3-18-4-6-19/h1-2,7-9,14,18,20H,3-6H2/t14-/m0/s1. The third-order valence-electron chi connectivity index (χ3n) is 3.68. The Kier molecular flexibility index (Phi) is 4.59. The number of halogens is 2. The molecule has 112 valence electrons. The van der Waals surface area contributed by atoms with E-state index in [0.717, 1.165) is 31.1 Å². The van der Waals surface area contributed by atoms with Crippen molar-refractivity contribution in [2.45, 2.75) is 6.04 Å². The van der Waals surface area contributed by atoms with E-state index in [2.05, 4.69) is 26.1 Å². The molecule has 2 heterocycles. The fourth-order valence-electron chi connectivity index (χ4n) is 2.71. The summed E-state index contributed by atoms with van der Waals surface area (Å²) in [5.74, 6) is -0.841. The summed E-state index contributed by atoms with van der Waals surface area (Å²) in [5.41, 5.74) is 0.617. The Labute approximate surface area is 135 Å². The molecule has 0 unspecified atom stereocenters. The number of piperazine rings is 1. The average Bonchev–Trinajstić information content (AvgIpc) is 2.99. The summed E-state index contributed by atoms with van der Waals surface area (Å²) in [5, 5.41) is 15.5. The average molecular weight is 371 g/mol. The molecule has 0 aliphatic carbocycles. The lowest BCUT2D eigenvalue weighted by Gasteiger charge is -2.35. The highest BCUT2D eigenvalue weighted by atomic mass is 79.9. The zero-order chi connectivity index (χ0) is 14.8. The van der Waals surface area contributed by atoms with E-state index in [9.17, 15) is 9.50 Å². The summed E-state index contributed by atoms with van der Waals surface area (Å²) in [7, 11) is 0. The van der Waals surface area contributed by atoms with Crippen LogP contribution >= 0.6 is 27.3 Å². The second kappa shape index (κ2) is 6.44. The van der Waals surface area contributed by atoms with E-state index in [1.54, 1.807) is 11.3 Å². The third-order valence-corrected chi connectivity index (χ3v) is 5.06. The molecule has 1 aliphatic heterocycles. The van der Waals surface area contributed by atoms with Crippen LogP contribution in [0.4, 0.5) is 4.39 Å². The van der Waals surface area contributed by atoms with Gasteiger partial charge in [0.05, 0.1) is 6.04 Å². The zero-order valence-corrected chi connectivity index (χ0v) is 13.8. The predicted molar refractivity (Wildman–Crippen MR) is 86.4 cm³/mol.